The summed E-state index contributed by atoms with van der Waals surface area (Å²) in [5.74, 6) is -5.49. The molecule has 4 aliphatic rings. The Morgan fingerprint density at radius 1 is 0.520 bits per heavy atom. The van der Waals surface area contributed by atoms with E-state index in [1.165, 1.54) is 4.72 Å². The number of nitrogens with one attached hydrogen (secondary N) is 2. The third kappa shape index (κ3) is 20.6. The highest BCUT2D eigenvalue weighted by molar-refractivity contribution is 8.09. The third-order valence-electron chi connectivity index (χ3n) is 9.68. The molecule has 0 aromatic rings. The van der Waals surface area contributed by atoms with Gasteiger partial charge in [-0.15, -0.1) is 0 Å². The second-order valence-corrected chi connectivity index (χ2v) is 22.4. The molecule has 0 bridgehead atoms. The molecule has 0 aromatic heterocycles. The van der Waals surface area contributed by atoms with E-state index >= 15 is 0 Å². The molecule has 440 valence electrons. The van der Waals surface area contributed by atoms with Crippen LogP contribution in [0.5, 0.6) is 0 Å². The van der Waals surface area contributed by atoms with E-state index in [1.54, 1.807) is 0 Å². The van der Waals surface area contributed by atoms with Crippen LogP contribution in [0.15, 0.2) is 0 Å². The second kappa shape index (κ2) is 25.7. The molecule has 0 spiro atoms. The molecule has 49 heteroatoms. The lowest BCUT2D eigenvalue weighted by molar-refractivity contribution is -0.366. The van der Waals surface area contributed by atoms with Gasteiger partial charge in [0, 0.05) is 17.6 Å². The molecule has 4 fully saturated rings. The van der Waals surface area contributed by atoms with Crippen molar-refractivity contribution in [2.24, 2.45) is 0 Å². The van der Waals surface area contributed by atoms with Crippen molar-refractivity contribution in [1.82, 2.24) is 10.0 Å². The van der Waals surface area contributed by atoms with E-state index in [9.17, 15) is 116 Å². The molecule has 1 amide bonds. The van der Waals surface area contributed by atoms with Gasteiger partial charge in [0.1, 0.15) is 73.1 Å². The fraction of sp³-hybridized carbons (Fsp3) is 0.885. The van der Waals surface area contributed by atoms with Crippen molar-refractivity contribution in [1.29, 1.82) is 0 Å². The standard InChI is InChI=1S/C26H42N2O37S5.ClHO3S/c1-4(30)27-7-9(31)13(6(56-23(7)39)3-55-67(43,44)45)58-26-19(65-70(52,53)54)12(34)16(20(62-26)22(37)38)60-24-8(28-66(40,41)42)15(63-68(46,47)48)14(5(2-29)57-24)59-25-18(64-69(49,50)51)11(33)10(32)17(61-25)21(35)36;1-5(2,3)4/h5-20,23-26,28-29,31-34,39H,2-3H2,1H3,(H,27,30)(H,35,36)(H,37,38)(H,40,41,42)(H,43,44,45)(H,46,47,48)(H,49,50,51)(H,52,53,54);(H,2,3,4)/t5-,6+,7-,8-,9-,10-,11-,12+,13-,14-,15-,16+,17-,18+,19-,20+,23-,24+,25+,26-;/m1./s1. The number of hydrogen-bond acceptors (Lipinski definition) is 32. The van der Waals surface area contributed by atoms with Gasteiger partial charge in [0.05, 0.1) is 13.2 Å². The maximum atomic E-state index is 12.7. The van der Waals surface area contributed by atoms with Gasteiger partial charge in [0.15, 0.2) is 49.6 Å². The van der Waals surface area contributed by atoms with Crippen molar-refractivity contribution in [2.75, 3.05) is 13.2 Å². The Balaban J connectivity index is 0.00000282. The lowest BCUT2D eigenvalue weighted by atomic mass is 9.94. The molecule has 0 saturated carbocycles. The van der Waals surface area contributed by atoms with Gasteiger partial charge in [0.25, 0.3) is 0 Å². The first-order valence-electron chi connectivity index (χ1n) is 19.1. The van der Waals surface area contributed by atoms with Gasteiger partial charge in [0.2, 0.25) is 5.91 Å². The Kier molecular flexibility index (Phi) is 22.9. The minimum atomic E-state index is -6.09. The van der Waals surface area contributed by atoms with Gasteiger partial charge in [-0.05, 0) is 0 Å². The molecule has 0 unspecified atom stereocenters. The van der Waals surface area contributed by atoms with E-state index in [4.69, 9.17) is 50.7 Å². The Morgan fingerprint density at radius 3 is 1.39 bits per heavy atom. The quantitative estimate of drug-likeness (QED) is 0.0375. The third-order valence-corrected chi connectivity index (χ3v) is 12.1. The number of rotatable bonds is 21. The van der Waals surface area contributed by atoms with Crippen molar-refractivity contribution < 1.29 is 183 Å². The van der Waals surface area contributed by atoms with Crippen LogP contribution in [0.4, 0.5) is 0 Å². The summed E-state index contributed by atoms with van der Waals surface area (Å²) in [7, 11) is -29.3. The van der Waals surface area contributed by atoms with E-state index in [2.05, 4.69) is 27.4 Å². The largest absolute Gasteiger partial charge is 0.479 e. The average molecular weight is 1250 g/mol. The number of aliphatic hydroxyl groups excluding tert-OH is 6. The highest BCUT2D eigenvalue weighted by atomic mass is 35.7. The summed E-state index contributed by atoms with van der Waals surface area (Å²) >= 11 is 0. The molecule has 4 heterocycles. The summed E-state index contributed by atoms with van der Waals surface area (Å²) in [5.41, 5.74) is 0. The SMILES string of the molecule is CC(=O)N[C@@H]1[C@@H](O)[C@H](O[C@@H]2O[C@H](C(=O)O)[C@@H](O[C@@H]3O[C@H](CO)[C@@H](O[C@H]4O[C@@H](C(=O)O)[C@H](O)[C@@H](O)[C@@H]4OS(=O)(=O)O)[C@H](OS(=O)(=O)O)[C@H]3NS(=O)(=O)O)[C@H](O)[C@H]2OS(=O)(=O)O)[C@H](COS(=O)(=O)O)O[C@H]1O.O=S(=O)(O)Cl. The molecule has 4 rings (SSSR count). The van der Waals surface area contributed by atoms with Crippen molar-refractivity contribution in [3.63, 3.8) is 0 Å². The minimum absolute atomic E-state index is 0.840. The molecular weight excluding hydrogens is 1210 g/mol. The van der Waals surface area contributed by atoms with Crippen molar-refractivity contribution in [3.8, 4) is 0 Å². The van der Waals surface area contributed by atoms with Crippen LogP contribution in [0.1, 0.15) is 6.92 Å². The van der Waals surface area contributed by atoms with E-state index < -0.39 is 215 Å². The van der Waals surface area contributed by atoms with Crippen LogP contribution in [-0.2, 0) is 126 Å². The summed E-state index contributed by atoms with van der Waals surface area (Å²) in [6, 6.07) is -4.96. The first kappa shape index (κ1) is 66.7. The van der Waals surface area contributed by atoms with Gasteiger partial charge in [-0.2, -0.15) is 55.2 Å². The number of aliphatic carboxylic acids is 2. The lowest BCUT2D eigenvalue weighted by Gasteiger charge is -2.50. The lowest BCUT2D eigenvalue weighted by Crippen LogP contribution is -2.71. The van der Waals surface area contributed by atoms with Gasteiger partial charge in [-0.3, -0.25) is 32.1 Å². The molecular formula is C26H43ClN2O40S6. The van der Waals surface area contributed by atoms with Crippen molar-refractivity contribution in [3.05, 3.63) is 0 Å². The maximum Gasteiger partial charge on any atom is 0.397 e. The zero-order chi connectivity index (χ0) is 57.9. The molecule has 16 N–H and O–H groups in total. The van der Waals surface area contributed by atoms with Crippen LogP contribution < -0.4 is 10.0 Å². The number of carbonyl (C=O) groups is 3. The number of ether oxygens (including phenoxy) is 7. The zero-order valence-electron chi connectivity index (χ0n) is 36.2. The highest BCUT2D eigenvalue weighted by Crippen LogP contribution is 2.37. The monoisotopic (exact) mass is 1250 g/mol. The summed E-state index contributed by atoms with van der Waals surface area (Å²) in [4.78, 5) is 36.4. The normalized spacial score (nSPS) is 37.4. The molecule has 0 radical (unpaired) electrons. The van der Waals surface area contributed by atoms with Gasteiger partial charge < -0.3 is 79.3 Å². The first-order chi connectivity index (χ1) is 33.8. The summed E-state index contributed by atoms with van der Waals surface area (Å²) in [6.07, 6.45) is -49.1. The van der Waals surface area contributed by atoms with E-state index in [-0.39, 0.29) is 0 Å². The number of halogens is 1. The smallest absolute Gasteiger partial charge is 0.397 e. The topological polar surface area (TPSA) is 665 Å². The Bertz CT molecular complexity index is 2690. The Morgan fingerprint density at radius 2 is 0.960 bits per heavy atom. The summed E-state index contributed by atoms with van der Waals surface area (Å²) in [5, 5.41) is 86.0. The number of amides is 1. The Labute approximate surface area is 424 Å². The van der Waals surface area contributed by atoms with E-state index in [1.807, 2.05) is 5.32 Å². The highest BCUT2D eigenvalue weighted by Gasteiger charge is 2.60. The molecule has 4 saturated heterocycles. The second-order valence-electron chi connectivity index (χ2n) is 15.0. The molecule has 0 aliphatic carbocycles. The van der Waals surface area contributed by atoms with Crippen molar-refractivity contribution >= 4 is 89.8 Å². The Hall–Kier alpha value is -2.56. The van der Waals surface area contributed by atoms with Crippen LogP contribution >= 0.6 is 10.7 Å². The van der Waals surface area contributed by atoms with Crippen LogP contribution in [0.2, 0.25) is 0 Å². The zero-order valence-corrected chi connectivity index (χ0v) is 41.8. The number of aliphatic hydroxyl groups is 6. The number of hydrogen-bond donors (Lipinski definition) is 16. The van der Waals surface area contributed by atoms with Crippen LogP contribution in [0, 0.1) is 0 Å². The predicted octanol–water partition coefficient (Wildman–Crippen LogP) is -10.7. The summed E-state index contributed by atoms with van der Waals surface area (Å²) < 4.78 is 247. The van der Waals surface area contributed by atoms with Gasteiger partial charge in [-0.1, -0.05) is 0 Å². The first-order valence-corrected chi connectivity index (χ1v) is 28.3. The number of carbonyl (C=O) groups excluding carboxylic acids is 1. The van der Waals surface area contributed by atoms with Crippen LogP contribution in [0.3, 0.4) is 0 Å². The minimum Gasteiger partial charge on any atom is -0.479 e. The van der Waals surface area contributed by atoms with Gasteiger partial charge >= 0.3 is 73.2 Å². The van der Waals surface area contributed by atoms with E-state index in [0.29, 0.717) is 0 Å². The fourth-order valence-corrected chi connectivity index (χ4v) is 9.43. The molecule has 4 aliphatic heterocycles. The van der Waals surface area contributed by atoms with Gasteiger partial charge in [-0.25, -0.2) is 26.3 Å². The van der Waals surface area contributed by atoms with Crippen LogP contribution in [0.25, 0.3) is 0 Å². The molecule has 0 aromatic carbocycles. The fourth-order valence-electron chi connectivity index (χ4n) is 7.05. The predicted molar refractivity (Wildman–Crippen MR) is 218 cm³/mol. The van der Waals surface area contributed by atoms with Crippen molar-refractivity contribution in [2.45, 2.75) is 130 Å². The number of carboxylic acid groups (broad SMARTS) is 2. The maximum absolute atomic E-state index is 12.7. The number of carboxylic acids is 2. The summed E-state index contributed by atoms with van der Waals surface area (Å²) in [6.45, 7) is -2.24. The molecule has 75 heavy (non-hydrogen) atoms. The molecule has 42 nitrogen and oxygen atoms in total. The average Bonchev–Trinajstić information content (AvgIpc) is 3.20. The molecule has 20 atom stereocenters. The van der Waals surface area contributed by atoms with Crippen LogP contribution in [-0.4, -0.2) is 272 Å². The van der Waals surface area contributed by atoms with E-state index in [0.717, 1.165) is 6.92 Å².